The number of methoxy groups -OCH3 is 1. The lowest BCUT2D eigenvalue weighted by molar-refractivity contribution is -0.145. The van der Waals surface area contributed by atoms with E-state index in [0.717, 1.165) is 5.56 Å². The molecule has 1 rings (SSSR count). The number of hydrogen-bond acceptors (Lipinski definition) is 4. The van der Waals surface area contributed by atoms with Crippen LogP contribution in [0.25, 0.3) is 0 Å². The second kappa shape index (κ2) is 9.97. The minimum Gasteiger partial charge on any atom is -0.461 e. The Kier molecular flexibility index (Phi) is 8.07. The van der Waals surface area contributed by atoms with Crippen LogP contribution >= 0.6 is 0 Å². The molecule has 0 aliphatic rings. The van der Waals surface area contributed by atoms with E-state index in [1.807, 2.05) is 30.3 Å². The molecule has 0 heterocycles. The number of carbonyl (C=O) groups excluding carboxylic acids is 2. The molecule has 0 aromatic heterocycles. The van der Waals surface area contributed by atoms with E-state index in [-0.39, 0.29) is 24.9 Å². The molecular formula is C15H21NO4. The Balaban J connectivity index is 2.07. The summed E-state index contributed by atoms with van der Waals surface area (Å²) in [6, 6.07) is 9.50. The molecule has 0 aliphatic heterocycles. The maximum Gasteiger partial charge on any atom is 0.306 e. The summed E-state index contributed by atoms with van der Waals surface area (Å²) in [6.45, 7) is 1.26. The predicted octanol–water partition coefficient (Wildman–Crippen LogP) is 1.66. The Morgan fingerprint density at radius 3 is 2.60 bits per heavy atom. The molecule has 1 amide bonds. The van der Waals surface area contributed by atoms with Gasteiger partial charge in [-0.2, -0.15) is 0 Å². The Labute approximate surface area is 119 Å². The average Bonchev–Trinajstić information content (AvgIpc) is 2.46. The average molecular weight is 279 g/mol. The summed E-state index contributed by atoms with van der Waals surface area (Å²) in [4.78, 5) is 22.8. The Hall–Kier alpha value is -1.88. The maximum absolute atomic E-state index is 11.5. The Bertz CT molecular complexity index is 406. The van der Waals surface area contributed by atoms with Crippen LogP contribution in [0.4, 0.5) is 0 Å². The zero-order chi connectivity index (χ0) is 14.6. The summed E-state index contributed by atoms with van der Waals surface area (Å²) in [5.41, 5.74) is 0.957. The third-order valence-electron chi connectivity index (χ3n) is 2.66. The van der Waals surface area contributed by atoms with Crippen LogP contribution < -0.4 is 5.32 Å². The van der Waals surface area contributed by atoms with Gasteiger partial charge in [-0.3, -0.25) is 9.59 Å². The smallest absolute Gasteiger partial charge is 0.306 e. The molecule has 0 saturated carbocycles. The molecular weight excluding hydrogens is 258 g/mol. The summed E-state index contributed by atoms with van der Waals surface area (Å²) in [6.07, 6.45) is 1.07. The van der Waals surface area contributed by atoms with Gasteiger partial charge < -0.3 is 14.8 Å². The van der Waals surface area contributed by atoms with Crippen molar-refractivity contribution in [2.24, 2.45) is 0 Å². The third-order valence-corrected chi connectivity index (χ3v) is 2.66. The molecule has 5 heteroatoms. The molecule has 1 aromatic carbocycles. The van der Waals surface area contributed by atoms with E-state index >= 15 is 0 Å². The van der Waals surface area contributed by atoms with Crippen LogP contribution in [-0.2, 0) is 25.7 Å². The van der Waals surface area contributed by atoms with Crippen LogP contribution in [0.15, 0.2) is 30.3 Å². The van der Waals surface area contributed by atoms with Crippen molar-refractivity contribution in [1.82, 2.24) is 5.32 Å². The monoisotopic (exact) mass is 279 g/mol. The van der Waals surface area contributed by atoms with Gasteiger partial charge in [0.2, 0.25) is 5.91 Å². The van der Waals surface area contributed by atoms with E-state index in [1.54, 1.807) is 7.11 Å². The van der Waals surface area contributed by atoms with Crippen molar-refractivity contribution < 1.29 is 19.1 Å². The largest absolute Gasteiger partial charge is 0.461 e. The molecule has 0 spiro atoms. The van der Waals surface area contributed by atoms with E-state index in [9.17, 15) is 9.59 Å². The van der Waals surface area contributed by atoms with Crippen molar-refractivity contribution in [3.63, 3.8) is 0 Å². The number of carbonyl (C=O) groups is 2. The van der Waals surface area contributed by atoms with Gasteiger partial charge in [0.05, 0.1) is 6.61 Å². The second-order valence-corrected chi connectivity index (χ2v) is 4.34. The highest BCUT2D eigenvalue weighted by atomic mass is 16.5. The second-order valence-electron chi connectivity index (χ2n) is 4.34. The minimum absolute atomic E-state index is 0.0714. The van der Waals surface area contributed by atoms with Gasteiger partial charge in [-0.1, -0.05) is 30.3 Å². The minimum atomic E-state index is -0.279. The van der Waals surface area contributed by atoms with Crippen molar-refractivity contribution in [2.75, 3.05) is 20.3 Å². The highest BCUT2D eigenvalue weighted by Crippen LogP contribution is 2.03. The van der Waals surface area contributed by atoms with Crippen LogP contribution in [-0.4, -0.2) is 32.1 Å². The van der Waals surface area contributed by atoms with E-state index < -0.39 is 0 Å². The number of rotatable bonds is 9. The molecule has 0 aliphatic carbocycles. The van der Waals surface area contributed by atoms with E-state index in [4.69, 9.17) is 9.47 Å². The van der Waals surface area contributed by atoms with Crippen LogP contribution in [0.3, 0.4) is 0 Å². The zero-order valence-electron chi connectivity index (χ0n) is 11.8. The molecule has 0 saturated heterocycles. The number of benzene rings is 1. The first kappa shape index (κ1) is 16.2. The maximum atomic E-state index is 11.5. The van der Waals surface area contributed by atoms with Gasteiger partial charge in [-0.15, -0.1) is 0 Å². The summed E-state index contributed by atoms with van der Waals surface area (Å²) < 4.78 is 9.94. The van der Waals surface area contributed by atoms with Crippen molar-refractivity contribution in [2.45, 2.75) is 25.9 Å². The summed E-state index contributed by atoms with van der Waals surface area (Å²) in [7, 11) is 1.58. The molecule has 1 aromatic rings. The van der Waals surface area contributed by atoms with Gasteiger partial charge in [0.15, 0.2) is 0 Å². The molecule has 0 bridgehead atoms. The molecule has 110 valence electrons. The molecule has 20 heavy (non-hydrogen) atoms. The lowest BCUT2D eigenvalue weighted by atomic mass is 10.2. The van der Waals surface area contributed by atoms with Crippen molar-refractivity contribution >= 4 is 11.9 Å². The number of esters is 1. The Morgan fingerprint density at radius 1 is 1.15 bits per heavy atom. The van der Waals surface area contributed by atoms with Gasteiger partial charge in [0, 0.05) is 26.5 Å². The third kappa shape index (κ3) is 7.53. The number of amides is 1. The first-order valence-electron chi connectivity index (χ1n) is 6.67. The summed E-state index contributed by atoms with van der Waals surface area (Å²) in [5, 5.41) is 2.70. The fourth-order valence-electron chi connectivity index (χ4n) is 1.58. The van der Waals surface area contributed by atoms with Gasteiger partial charge in [0.25, 0.3) is 0 Å². The first-order valence-corrected chi connectivity index (χ1v) is 6.67. The highest BCUT2D eigenvalue weighted by Gasteiger charge is 2.06. The lowest BCUT2D eigenvalue weighted by Crippen LogP contribution is -2.26. The Morgan fingerprint density at radius 2 is 1.90 bits per heavy atom. The summed E-state index contributed by atoms with van der Waals surface area (Å²) in [5.74, 6) is -0.351. The van der Waals surface area contributed by atoms with Crippen LogP contribution in [0, 0.1) is 0 Å². The fourth-order valence-corrected chi connectivity index (χ4v) is 1.58. The van der Waals surface area contributed by atoms with Gasteiger partial charge >= 0.3 is 5.97 Å². The molecule has 1 N–H and O–H groups in total. The number of hydrogen-bond donors (Lipinski definition) is 1. The molecule has 0 atom stereocenters. The van der Waals surface area contributed by atoms with Crippen LogP contribution in [0.1, 0.15) is 24.8 Å². The van der Waals surface area contributed by atoms with Crippen molar-refractivity contribution in [3.8, 4) is 0 Å². The molecule has 0 fully saturated rings. The number of ether oxygens (including phenoxy) is 2. The van der Waals surface area contributed by atoms with E-state index in [0.29, 0.717) is 26.0 Å². The van der Waals surface area contributed by atoms with Crippen LogP contribution in [0.5, 0.6) is 0 Å². The summed E-state index contributed by atoms with van der Waals surface area (Å²) >= 11 is 0. The van der Waals surface area contributed by atoms with Crippen molar-refractivity contribution in [1.29, 1.82) is 0 Å². The topological polar surface area (TPSA) is 64.6 Å². The molecule has 0 unspecified atom stereocenters. The van der Waals surface area contributed by atoms with E-state index in [2.05, 4.69) is 5.32 Å². The fraction of sp³-hybridized carbons (Fsp3) is 0.467. The van der Waals surface area contributed by atoms with Crippen LogP contribution in [0.2, 0.25) is 0 Å². The molecule has 0 radical (unpaired) electrons. The normalized spacial score (nSPS) is 10.1. The molecule has 5 nitrogen and oxygen atoms in total. The standard InChI is InChI=1S/C15H21NO4/c1-19-11-10-16-14(17)8-5-9-15(18)20-12-13-6-3-2-4-7-13/h2-4,6-7H,5,8-12H2,1H3,(H,16,17). The number of nitrogens with one attached hydrogen (secondary N) is 1. The SMILES string of the molecule is COCCNC(=O)CCCC(=O)OCc1ccccc1. The first-order chi connectivity index (χ1) is 9.72. The van der Waals surface area contributed by atoms with Gasteiger partial charge in [-0.05, 0) is 12.0 Å². The lowest BCUT2D eigenvalue weighted by Gasteiger charge is -2.05. The van der Waals surface area contributed by atoms with Gasteiger partial charge in [-0.25, -0.2) is 0 Å². The van der Waals surface area contributed by atoms with Crippen molar-refractivity contribution in [3.05, 3.63) is 35.9 Å². The zero-order valence-corrected chi connectivity index (χ0v) is 11.8. The highest BCUT2D eigenvalue weighted by molar-refractivity contribution is 5.76. The van der Waals surface area contributed by atoms with E-state index in [1.165, 1.54) is 0 Å². The van der Waals surface area contributed by atoms with Gasteiger partial charge in [0.1, 0.15) is 6.61 Å². The quantitative estimate of drug-likeness (QED) is 0.551. The predicted molar refractivity (Wildman–Crippen MR) is 75.0 cm³/mol.